The number of hydrogen-bond acceptors (Lipinski definition) is 7. The number of nitrogens with one attached hydrogen (secondary N) is 1. The Morgan fingerprint density at radius 2 is 1.54 bits per heavy atom. The van der Waals surface area contributed by atoms with Crippen molar-refractivity contribution in [2.75, 3.05) is 60.7 Å². The van der Waals surface area contributed by atoms with E-state index in [1.807, 2.05) is 51.5 Å². The van der Waals surface area contributed by atoms with E-state index in [9.17, 15) is 9.36 Å². The van der Waals surface area contributed by atoms with Gasteiger partial charge in [0.25, 0.3) is 0 Å². The van der Waals surface area contributed by atoms with Crippen molar-refractivity contribution >= 4 is 13.9 Å². The number of nitrogens with zero attached hydrogens (tertiary/aromatic N) is 2. The first kappa shape index (κ1) is 26.9. The largest absolute Gasteiger partial charge is 0.475 e. The summed E-state index contributed by atoms with van der Waals surface area (Å²) in [5, 5.41) is 11.3. The van der Waals surface area contributed by atoms with Crippen LogP contribution in [0.25, 0.3) is 11.1 Å². The van der Waals surface area contributed by atoms with Crippen LogP contribution in [-0.4, -0.2) is 71.2 Å². The van der Waals surface area contributed by atoms with Crippen LogP contribution in [0.4, 0.5) is 4.79 Å². The van der Waals surface area contributed by atoms with E-state index >= 15 is 0 Å². The molecule has 2 aromatic rings. The lowest BCUT2D eigenvalue weighted by atomic mass is 9.98. The number of carbonyl (C=O) groups is 1. The number of fused-ring (bicyclic) bond motifs is 3. The highest BCUT2D eigenvalue weighted by Crippen LogP contribution is 2.49. The summed E-state index contributed by atoms with van der Waals surface area (Å²) in [6.07, 6.45) is -0.536. The molecule has 0 aromatic heterocycles. The molecule has 1 amide bonds. The SMILES string of the molecule is C[N+](C)(C)CCOP(=O)(OCCC#N)OCCNC(=O)OCC1c2ccccc2-c2ccccc21. The van der Waals surface area contributed by atoms with E-state index in [4.69, 9.17) is 23.6 Å². The molecule has 0 aliphatic heterocycles. The number of amides is 1. The van der Waals surface area contributed by atoms with Gasteiger partial charge in [0.05, 0.1) is 46.8 Å². The van der Waals surface area contributed by atoms with Gasteiger partial charge in [-0.15, -0.1) is 0 Å². The minimum atomic E-state index is -3.85. The van der Waals surface area contributed by atoms with Crippen molar-refractivity contribution in [2.24, 2.45) is 0 Å². The summed E-state index contributed by atoms with van der Waals surface area (Å²) in [7, 11) is 2.07. The Hall–Kier alpha value is -2.73. The number of carbonyl (C=O) groups excluding carboxylic acids is 1. The Balaban J connectivity index is 1.46. The third kappa shape index (κ3) is 7.89. The Morgan fingerprint density at radius 1 is 0.971 bits per heavy atom. The van der Waals surface area contributed by atoms with Crippen LogP contribution in [0, 0.1) is 11.3 Å². The smallest absolute Gasteiger partial charge is 0.449 e. The molecule has 0 spiro atoms. The molecule has 0 saturated heterocycles. The van der Waals surface area contributed by atoms with Crippen LogP contribution >= 0.6 is 7.82 Å². The van der Waals surface area contributed by atoms with Gasteiger partial charge in [0.1, 0.15) is 19.8 Å². The highest BCUT2D eigenvalue weighted by atomic mass is 31.2. The van der Waals surface area contributed by atoms with Crippen LogP contribution in [0.1, 0.15) is 23.5 Å². The quantitative estimate of drug-likeness (QED) is 0.247. The number of phosphoric ester groups is 1. The van der Waals surface area contributed by atoms with Gasteiger partial charge in [0.15, 0.2) is 0 Å². The van der Waals surface area contributed by atoms with Crippen LogP contribution in [0.15, 0.2) is 48.5 Å². The molecule has 188 valence electrons. The zero-order chi connectivity index (χ0) is 25.3. The van der Waals surface area contributed by atoms with E-state index in [0.29, 0.717) is 11.0 Å². The van der Waals surface area contributed by atoms with Crippen molar-refractivity contribution in [1.29, 1.82) is 5.26 Å². The van der Waals surface area contributed by atoms with E-state index in [1.165, 1.54) is 0 Å². The number of alkyl carbamates (subject to hydrolysis) is 1. The fourth-order valence-electron chi connectivity index (χ4n) is 3.70. The maximum Gasteiger partial charge on any atom is 0.475 e. The summed E-state index contributed by atoms with van der Waals surface area (Å²) in [5.74, 6) is -0.0345. The second kappa shape index (κ2) is 12.3. The van der Waals surface area contributed by atoms with E-state index in [0.717, 1.165) is 22.3 Å². The average molecular weight is 503 g/mol. The molecule has 1 aliphatic carbocycles. The number of ether oxygens (including phenoxy) is 1. The van der Waals surface area contributed by atoms with Gasteiger partial charge in [0.2, 0.25) is 0 Å². The lowest BCUT2D eigenvalue weighted by Gasteiger charge is -2.25. The normalized spacial score (nSPS) is 14.5. The number of nitriles is 1. The molecule has 0 radical (unpaired) electrons. The molecule has 1 N–H and O–H groups in total. The van der Waals surface area contributed by atoms with Crippen LogP contribution < -0.4 is 5.32 Å². The predicted octanol–water partition coefficient (Wildman–Crippen LogP) is 4.30. The maximum absolute atomic E-state index is 12.8. The van der Waals surface area contributed by atoms with Gasteiger partial charge in [-0.1, -0.05) is 48.5 Å². The number of benzene rings is 2. The molecule has 1 unspecified atom stereocenters. The van der Waals surface area contributed by atoms with Gasteiger partial charge in [-0.3, -0.25) is 13.6 Å². The van der Waals surface area contributed by atoms with Gasteiger partial charge >= 0.3 is 13.9 Å². The zero-order valence-electron chi connectivity index (χ0n) is 20.4. The van der Waals surface area contributed by atoms with E-state index in [1.54, 1.807) is 0 Å². The van der Waals surface area contributed by atoms with Crippen LogP contribution in [0.3, 0.4) is 0 Å². The molecule has 1 atom stereocenters. The third-order valence-corrected chi connectivity index (χ3v) is 6.94. The number of phosphoric acid groups is 1. The number of quaternary nitrogens is 1. The molecule has 0 heterocycles. The Kier molecular flexibility index (Phi) is 9.44. The summed E-state index contributed by atoms with van der Waals surface area (Å²) in [4.78, 5) is 12.3. The molecular weight excluding hydrogens is 469 g/mol. The first-order valence-electron chi connectivity index (χ1n) is 11.5. The Labute approximate surface area is 206 Å². The molecule has 9 nitrogen and oxygen atoms in total. The second-order valence-corrected chi connectivity index (χ2v) is 10.8. The first-order valence-corrected chi connectivity index (χ1v) is 13.0. The molecule has 0 saturated carbocycles. The molecule has 1 aliphatic rings. The van der Waals surface area contributed by atoms with Gasteiger partial charge in [-0.25, -0.2) is 9.36 Å². The minimum absolute atomic E-state index is 0.0345. The van der Waals surface area contributed by atoms with E-state index < -0.39 is 13.9 Å². The van der Waals surface area contributed by atoms with Gasteiger partial charge in [-0.2, -0.15) is 5.26 Å². The Morgan fingerprint density at radius 3 is 2.14 bits per heavy atom. The summed E-state index contributed by atoms with van der Waals surface area (Å²) in [6.45, 7) is 0.835. The van der Waals surface area contributed by atoms with Crippen molar-refractivity contribution in [3.8, 4) is 17.2 Å². The number of rotatable bonds is 13. The fraction of sp³-hybridized carbons (Fsp3) is 0.440. The van der Waals surface area contributed by atoms with Gasteiger partial charge in [-0.05, 0) is 22.3 Å². The summed E-state index contributed by atoms with van der Waals surface area (Å²) in [6, 6.07) is 18.1. The molecule has 10 heteroatoms. The number of likely N-dealkylation sites (N-methyl/N-ethyl adjacent to an activating group) is 1. The highest BCUT2D eigenvalue weighted by Gasteiger charge is 2.30. The molecule has 0 bridgehead atoms. The van der Waals surface area contributed by atoms with Crippen LogP contribution in [-0.2, 0) is 22.9 Å². The molecule has 0 fully saturated rings. The van der Waals surface area contributed by atoms with Crippen molar-refractivity contribution in [2.45, 2.75) is 12.3 Å². The first-order chi connectivity index (χ1) is 16.7. The van der Waals surface area contributed by atoms with Crippen molar-refractivity contribution in [3.63, 3.8) is 0 Å². The summed E-state index contributed by atoms with van der Waals surface area (Å²) >= 11 is 0. The lowest BCUT2D eigenvalue weighted by molar-refractivity contribution is -0.870. The highest BCUT2D eigenvalue weighted by molar-refractivity contribution is 7.48. The Bertz CT molecular complexity index is 1050. The molecule has 3 rings (SSSR count). The minimum Gasteiger partial charge on any atom is -0.449 e. The second-order valence-electron chi connectivity index (χ2n) is 9.12. The topological polar surface area (TPSA) is 107 Å². The van der Waals surface area contributed by atoms with E-state index in [2.05, 4.69) is 29.6 Å². The average Bonchev–Trinajstić information content (AvgIpc) is 3.14. The standard InChI is InChI=1S/C25H32N3O6P/c1-28(2,3)15-18-34-35(30,32-16-8-13-26)33-17-14-27-25(29)31-19-24-22-11-6-4-9-20(22)21-10-5-7-12-23(21)24/h4-7,9-12,24H,8,14-19H2,1-3H3/p+1. The number of hydrogen-bond donors (Lipinski definition) is 1. The summed E-state index contributed by atoms with van der Waals surface area (Å²) < 4.78 is 34.8. The zero-order valence-corrected chi connectivity index (χ0v) is 21.3. The van der Waals surface area contributed by atoms with E-state index in [-0.39, 0.29) is 45.3 Å². The van der Waals surface area contributed by atoms with Crippen molar-refractivity contribution in [3.05, 3.63) is 59.7 Å². The summed E-state index contributed by atoms with van der Waals surface area (Å²) in [5.41, 5.74) is 4.57. The van der Waals surface area contributed by atoms with Crippen LogP contribution in [0.2, 0.25) is 0 Å². The van der Waals surface area contributed by atoms with Gasteiger partial charge < -0.3 is 14.5 Å². The molecular formula is C25H33N3O6P+. The lowest BCUT2D eigenvalue weighted by Crippen LogP contribution is -2.37. The maximum atomic E-state index is 12.8. The molecule has 2 aromatic carbocycles. The monoisotopic (exact) mass is 502 g/mol. The fourth-order valence-corrected chi connectivity index (χ4v) is 4.86. The molecule has 35 heavy (non-hydrogen) atoms. The predicted molar refractivity (Wildman–Crippen MR) is 132 cm³/mol. The van der Waals surface area contributed by atoms with Gasteiger partial charge in [0, 0.05) is 12.5 Å². The third-order valence-electron chi connectivity index (χ3n) is 5.44. The van der Waals surface area contributed by atoms with Crippen LogP contribution in [0.5, 0.6) is 0 Å². The van der Waals surface area contributed by atoms with Crippen molar-refractivity contribution < 1.29 is 32.2 Å². The van der Waals surface area contributed by atoms with Crippen molar-refractivity contribution in [1.82, 2.24) is 5.32 Å².